The predicted octanol–water partition coefficient (Wildman–Crippen LogP) is 3.58. The Kier molecular flexibility index (Phi) is 6.18. The third-order valence-corrected chi connectivity index (χ3v) is 6.88. The zero-order chi connectivity index (χ0) is 14.5. The smallest absolute Gasteiger partial charge is 0.142 e. The molecule has 0 bridgehead atoms. The minimum Gasteiger partial charge on any atom is -0.311 e. The standard InChI is InChI=1S/C15H25N3S2/c1-5-6-16-8-13-7-10(2)17-15(18-13)14-9-19-11(3)12(4)20-14/h7,11-12,14,16H,5-6,8-9H2,1-4H3. The molecule has 3 nitrogen and oxygen atoms in total. The van der Waals surface area contributed by atoms with Gasteiger partial charge < -0.3 is 5.32 Å². The number of hydrogen-bond acceptors (Lipinski definition) is 5. The number of thioether (sulfide) groups is 2. The van der Waals surface area contributed by atoms with Crippen LogP contribution in [0.2, 0.25) is 0 Å². The molecule has 0 aliphatic carbocycles. The van der Waals surface area contributed by atoms with E-state index in [1.807, 2.05) is 23.5 Å². The third-order valence-electron chi connectivity index (χ3n) is 3.50. The average molecular weight is 312 g/mol. The van der Waals surface area contributed by atoms with Crippen LogP contribution in [-0.4, -0.2) is 32.8 Å². The molecule has 5 heteroatoms. The molecule has 0 amide bonds. The highest BCUT2D eigenvalue weighted by molar-refractivity contribution is 8.07. The van der Waals surface area contributed by atoms with Gasteiger partial charge in [-0.2, -0.15) is 11.8 Å². The van der Waals surface area contributed by atoms with Crippen molar-refractivity contribution in [3.05, 3.63) is 23.3 Å². The molecular formula is C15H25N3S2. The first-order valence-corrected chi connectivity index (χ1v) is 9.41. The molecule has 0 spiro atoms. The Hall–Kier alpha value is -0.260. The Morgan fingerprint density at radius 2 is 2.10 bits per heavy atom. The van der Waals surface area contributed by atoms with Crippen LogP contribution in [-0.2, 0) is 6.54 Å². The highest BCUT2D eigenvalue weighted by atomic mass is 32.2. The van der Waals surface area contributed by atoms with E-state index in [0.717, 1.165) is 47.7 Å². The van der Waals surface area contributed by atoms with Gasteiger partial charge in [-0.3, -0.25) is 0 Å². The second kappa shape index (κ2) is 7.66. The van der Waals surface area contributed by atoms with Gasteiger partial charge in [-0.25, -0.2) is 9.97 Å². The number of nitrogens with zero attached hydrogens (tertiary/aromatic N) is 2. The zero-order valence-corrected chi connectivity index (χ0v) is 14.5. The van der Waals surface area contributed by atoms with Crippen LogP contribution in [0.25, 0.3) is 0 Å². The van der Waals surface area contributed by atoms with Crippen LogP contribution in [0.1, 0.15) is 49.7 Å². The third kappa shape index (κ3) is 4.37. The van der Waals surface area contributed by atoms with Gasteiger partial charge in [-0.15, -0.1) is 11.8 Å². The molecular weight excluding hydrogens is 286 g/mol. The second-order valence-electron chi connectivity index (χ2n) is 5.40. The summed E-state index contributed by atoms with van der Waals surface area (Å²) in [6.07, 6.45) is 1.15. The normalized spacial score (nSPS) is 26.7. The molecule has 1 aromatic heterocycles. The van der Waals surface area contributed by atoms with Gasteiger partial charge in [-0.1, -0.05) is 20.8 Å². The van der Waals surface area contributed by atoms with Gasteiger partial charge in [0.2, 0.25) is 0 Å². The molecule has 1 fully saturated rings. The summed E-state index contributed by atoms with van der Waals surface area (Å²) in [6.45, 7) is 10.8. The van der Waals surface area contributed by atoms with Crippen molar-refractivity contribution in [1.82, 2.24) is 15.3 Å². The van der Waals surface area contributed by atoms with E-state index in [9.17, 15) is 0 Å². The molecule has 1 N–H and O–H groups in total. The molecule has 3 unspecified atom stereocenters. The predicted molar refractivity (Wildman–Crippen MR) is 90.5 cm³/mol. The van der Waals surface area contributed by atoms with Gasteiger partial charge in [0.1, 0.15) is 5.82 Å². The molecule has 0 aromatic carbocycles. The van der Waals surface area contributed by atoms with Crippen LogP contribution in [0.15, 0.2) is 6.07 Å². The molecule has 20 heavy (non-hydrogen) atoms. The topological polar surface area (TPSA) is 37.8 Å². The quantitative estimate of drug-likeness (QED) is 0.841. The number of rotatable bonds is 5. The van der Waals surface area contributed by atoms with Crippen molar-refractivity contribution in [2.75, 3.05) is 12.3 Å². The fourth-order valence-corrected chi connectivity index (χ4v) is 5.05. The monoisotopic (exact) mass is 311 g/mol. The van der Waals surface area contributed by atoms with Crippen molar-refractivity contribution >= 4 is 23.5 Å². The van der Waals surface area contributed by atoms with Gasteiger partial charge in [0.25, 0.3) is 0 Å². The summed E-state index contributed by atoms with van der Waals surface area (Å²) in [7, 11) is 0. The minimum absolute atomic E-state index is 0.441. The molecule has 1 aliphatic rings. The summed E-state index contributed by atoms with van der Waals surface area (Å²) in [6, 6.07) is 2.10. The highest BCUT2D eigenvalue weighted by Crippen LogP contribution is 2.43. The number of hydrogen-bond donors (Lipinski definition) is 1. The SMILES string of the molecule is CCCNCc1cc(C)nc(C2CSC(C)C(C)S2)n1. The first-order chi connectivity index (χ1) is 9.60. The van der Waals surface area contributed by atoms with Gasteiger partial charge in [0, 0.05) is 28.5 Å². The molecule has 3 atom stereocenters. The minimum atomic E-state index is 0.441. The maximum atomic E-state index is 4.78. The van der Waals surface area contributed by atoms with Crippen LogP contribution in [0.5, 0.6) is 0 Å². The molecule has 112 valence electrons. The van der Waals surface area contributed by atoms with Crippen molar-refractivity contribution in [2.45, 2.75) is 56.4 Å². The van der Waals surface area contributed by atoms with Crippen LogP contribution in [0.4, 0.5) is 0 Å². The summed E-state index contributed by atoms with van der Waals surface area (Å²) in [5.74, 6) is 2.15. The molecule has 1 aromatic rings. The number of aromatic nitrogens is 2. The fraction of sp³-hybridized carbons (Fsp3) is 0.733. The van der Waals surface area contributed by atoms with E-state index >= 15 is 0 Å². The summed E-state index contributed by atoms with van der Waals surface area (Å²) < 4.78 is 0. The van der Waals surface area contributed by atoms with Gasteiger partial charge in [0.15, 0.2) is 0 Å². The highest BCUT2D eigenvalue weighted by Gasteiger charge is 2.28. The van der Waals surface area contributed by atoms with Crippen molar-refractivity contribution < 1.29 is 0 Å². The Morgan fingerprint density at radius 3 is 2.80 bits per heavy atom. The van der Waals surface area contributed by atoms with Crippen LogP contribution in [0, 0.1) is 6.92 Å². The van der Waals surface area contributed by atoms with Crippen molar-refractivity contribution in [3.8, 4) is 0 Å². The van der Waals surface area contributed by atoms with E-state index in [1.54, 1.807) is 0 Å². The van der Waals surface area contributed by atoms with E-state index in [1.165, 1.54) is 0 Å². The summed E-state index contributed by atoms with van der Waals surface area (Å²) >= 11 is 4.07. The molecule has 0 radical (unpaired) electrons. The lowest BCUT2D eigenvalue weighted by atomic mass is 10.3. The zero-order valence-electron chi connectivity index (χ0n) is 12.8. The van der Waals surface area contributed by atoms with Gasteiger partial charge >= 0.3 is 0 Å². The Balaban J connectivity index is 2.07. The van der Waals surface area contributed by atoms with Gasteiger partial charge in [-0.05, 0) is 26.0 Å². The largest absolute Gasteiger partial charge is 0.311 e. The van der Waals surface area contributed by atoms with E-state index in [4.69, 9.17) is 4.98 Å². The number of aryl methyl sites for hydroxylation is 1. The lowest BCUT2D eigenvalue weighted by molar-refractivity contribution is 0.657. The lowest BCUT2D eigenvalue weighted by Crippen LogP contribution is -2.24. The first-order valence-electron chi connectivity index (χ1n) is 7.42. The van der Waals surface area contributed by atoms with Crippen LogP contribution >= 0.6 is 23.5 Å². The molecule has 2 rings (SSSR count). The Morgan fingerprint density at radius 1 is 1.30 bits per heavy atom. The molecule has 1 saturated heterocycles. The van der Waals surface area contributed by atoms with E-state index < -0.39 is 0 Å². The summed E-state index contributed by atoms with van der Waals surface area (Å²) in [5.41, 5.74) is 2.21. The Labute approximate surface area is 131 Å². The molecule has 1 aliphatic heterocycles. The van der Waals surface area contributed by atoms with Crippen molar-refractivity contribution in [1.29, 1.82) is 0 Å². The Bertz CT molecular complexity index is 439. The second-order valence-corrected chi connectivity index (χ2v) is 8.40. The summed E-state index contributed by atoms with van der Waals surface area (Å²) in [4.78, 5) is 9.45. The molecule has 2 heterocycles. The van der Waals surface area contributed by atoms with Crippen molar-refractivity contribution in [2.24, 2.45) is 0 Å². The van der Waals surface area contributed by atoms with E-state index in [2.05, 4.69) is 44.1 Å². The van der Waals surface area contributed by atoms with Crippen molar-refractivity contribution in [3.63, 3.8) is 0 Å². The maximum Gasteiger partial charge on any atom is 0.142 e. The maximum absolute atomic E-state index is 4.78. The molecule has 0 saturated carbocycles. The van der Waals surface area contributed by atoms with Crippen LogP contribution in [0.3, 0.4) is 0 Å². The first kappa shape index (κ1) is 16.1. The number of nitrogens with one attached hydrogen (secondary N) is 1. The summed E-state index contributed by atoms with van der Waals surface area (Å²) in [5, 5.41) is 5.26. The average Bonchev–Trinajstić information content (AvgIpc) is 2.41. The van der Waals surface area contributed by atoms with Crippen LogP contribution < -0.4 is 5.32 Å². The van der Waals surface area contributed by atoms with Gasteiger partial charge in [0.05, 0.1) is 10.9 Å². The van der Waals surface area contributed by atoms with E-state index in [0.29, 0.717) is 10.5 Å². The fourth-order valence-electron chi connectivity index (χ4n) is 2.21. The van der Waals surface area contributed by atoms with E-state index in [-0.39, 0.29) is 0 Å². The lowest BCUT2D eigenvalue weighted by Gasteiger charge is -2.30.